The van der Waals surface area contributed by atoms with Gasteiger partial charge in [0, 0.05) is 11.1 Å². The molecule has 1 saturated heterocycles. The molecule has 0 amide bonds. The van der Waals surface area contributed by atoms with Crippen molar-refractivity contribution in [3.05, 3.63) is 29.8 Å². The van der Waals surface area contributed by atoms with Crippen LogP contribution in [0, 0.1) is 0 Å². The van der Waals surface area contributed by atoms with Crippen LogP contribution in [-0.4, -0.2) is 30.6 Å². The number of nitrogens with two attached hydrogens (primary N) is 1. The van der Waals surface area contributed by atoms with Gasteiger partial charge in [0.25, 0.3) is 0 Å². The summed E-state index contributed by atoms with van der Waals surface area (Å²) in [5, 5.41) is 0. The Morgan fingerprint density at radius 1 is 1.24 bits per heavy atom. The average molecular weight is 291 g/mol. The second-order valence-electron chi connectivity index (χ2n) is 5.85. The van der Waals surface area contributed by atoms with Gasteiger partial charge in [0.15, 0.2) is 0 Å². The van der Waals surface area contributed by atoms with Crippen LogP contribution in [-0.2, 0) is 0 Å². The third kappa shape index (κ3) is 2.93. The van der Waals surface area contributed by atoms with E-state index in [4.69, 9.17) is 10.6 Å². The maximum Gasteiger partial charge on any atom is 0.123 e. The van der Waals surface area contributed by atoms with E-state index in [0.29, 0.717) is 0 Å². The molecule has 2 rings (SSSR count). The molecule has 4 heteroatoms. The molecule has 0 aromatic heterocycles. The Morgan fingerprint density at radius 3 is 2.38 bits per heavy atom. The molecular formula is C17H29N3O. The molecule has 1 aliphatic heterocycles. The van der Waals surface area contributed by atoms with Crippen molar-refractivity contribution in [3.8, 4) is 5.75 Å². The normalized spacial score (nSPS) is 17.9. The maximum absolute atomic E-state index is 6.00. The molecule has 1 unspecified atom stereocenters. The highest BCUT2D eigenvalue weighted by atomic mass is 16.5. The number of rotatable bonds is 7. The second-order valence-corrected chi connectivity index (χ2v) is 5.85. The molecule has 1 heterocycles. The van der Waals surface area contributed by atoms with Crippen molar-refractivity contribution in [2.24, 2.45) is 5.84 Å². The first-order valence-corrected chi connectivity index (χ1v) is 8.07. The van der Waals surface area contributed by atoms with Gasteiger partial charge in [-0.25, -0.2) is 0 Å². The SMILES string of the molecule is CCC(CC)(C(NN)c1ccccc1OC)N1CCCC1. The van der Waals surface area contributed by atoms with Crippen LogP contribution in [0.5, 0.6) is 5.75 Å². The molecule has 1 atom stereocenters. The number of likely N-dealkylation sites (tertiary alicyclic amines) is 1. The molecular weight excluding hydrogens is 262 g/mol. The minimum Gasteiger partial charge on any atom is -0.496 e. The lowest BCUT2D eigenvalue weighted by molar-refractivity contribution is 0.0607. The monoisotopic (exact) mass is 291 g/mol. The van der Waals surface area contributed by atoms with Gasteiger partial charge in [0.1, 0.15) is 5.75 Å². The van der Waals surface area contributed by atoms with Gasteiger partial charge >= 0.3 is 0 Å². The lowest BCUT2D eigenvalue weighted by atomic mass is 9.79. The van der Waals surface area contributed by atoms with Crippen LogP contribution >= 0.6 is 0 Å². The van der Waals surface area contributed by atoms with Gasteiger partial charge in [-0.15, -0.1) is 0 Å². The number of hydrazine groups is 1. The molecule has 0 aliphatic carbocycles. The second kappa shape index (κ2) is 7.25. The summed E-state index contributed by atoms with van der Waals surface area (Å²) in [7, 11) is 1.72. The van der Waals surface area contributed by atoms with Gasteiger partial charge in [-0.3, -0.25) is 16.2 Å². The number of benzene rings is 1. The Balaban J connectivity index is 2.44. The van der Waals surface area contributed by atoms with Crippen LogP contribution in [0.25, 0.3) is 0 Å². The molecule has 1 aliphatic rings. The Morgan fingerprint density at radius 2 is 1.86 bits per heavy atom. The van der Waals surface area contributed by atoms with E-state index in [2.05, 4.69) is 36.3 Å². The molecule has 1 fully saturated rings. The van der Waals surface area contributed by atoms with E-state index >= 15 is 0 Å². The van der Waals surface area contributed by atoms with Crippen molar-refractivity contribution < 1.29 is 4.74 Å². The zero-order valence-corrected chi connectivity index (χ0v) is 13.6. The molecule has 0 radical (unpaired) electrons. The third-order valence-electron chi connectivity index (χ3n) is 5.11. The topological polar surface area (TPSA) is 50.5 Å². The summed E-state index contributed by atoms with van der Waals surface area (Å²) in [5.74, 6) is 6.91. The summed E-state index contributed by atoms with van der Waals surface area (Å²) in [6, 6.07) is 8.27. The van der Waals surface area contributed by atoms with E-state index in [1.165, 1.54) is 12.8 Å². The molecule has 21 heavy (non-hydrogen) atoms. The van der Waals surface area contributed by atoms with Crippen molar-refractivity contribution in [3.63, 3.8) is 0 Å². The number of hydrogen-bond donors (Lipinski definition) is 2. The van der Waals surface area contributed by atoms with E-state index in [1.54, 1.807) is 7.11 Å². The highest BCUT2D eigenvalue weighted by Crippen LogP contribution is 2.41. The Hall–Kier alpha value is -1.10. The molecule has 3 N–H and O–H groups in total. The first-order chi connectivity index (χ1) is 10.2. The first kappa shape index (κ1) is 16.3. The standard InChI is InChI=1S/C17H29N3O/c1-4-17(5-2,20-12-8-9-13-20)16(19-18)14-10-6-7-11-15(14)21-3/h6-7,10-11,16,19H,4-5,8-9,12-13,18H2,1-3H3. The first-order valence-electron chi connectivity index (χ1n) is 8.07. The summed E-state index contributed by atoms with van der Waals surface area (Å²) in [4.78, 5) is 2.62. The number of hydrogen-bond acceptors (Lipinski definition) is 4. The molecule has 0 saturated carbocycles. The van der Waals surface area contributed by atoms with Gasteiger partial charge < -0.3 is 4.74 Å². The highest BCUT2D eigenvalue weighted by molar-refractivity contribution is 5.38. The van der Waals surface area contributed by atoms with Crippen LogP contribution in [0.3, 0.4) is 0 Å². The van der Waals surface area contributed by atoms with Gasteiger partial charge in [-0.1, -0.05) is 32.0 Å². The Bertz CT molecular complexity index is 439. The predicted octanol–water partition coefficient (Wildman–Crippen LogP) is 2.85. The summed E-state index contributed by atoms with van der Waals surface area (Å²) in [6.07, 6.45) is 4.70. The van der Waals surface area contributed by atoms with E-state index in [1.807, 2.05) is 12.1 Å². The molecule has 4 nitrogen and oxygen atoms in total. The van der Waals surface area contributed by atoms with E-state index in [0.717, 1.165) is 37.2 Å². The smallest absolute Gasteiger partial charge is 0.123 e. The number of nitrogens with one attached hydrogen (secondary N) is 1. The van der Waals surface area contributed by atoms with E-state index < -0.39 is 0 Å². The predicted molar refractivity (Wildman–Crippen MR) is 87.2 cm³/mol. The van der Waals surface area contributed by atoms with Crippen LogP contribution in [0.15, 0.2) is 24.3 Å². The summed E-state index contributed by atoms with van der Waals surface area (Å²) in [5.41, 5.74) is 4.28. The number of para-hydroxylation sites is 1. The average Bonchev–Trinajstić information content (AvgIpc) is 3.07. The Labute approximate surface area is 128 Å². The summed E-state index contributed by atoms with van der Waals surface area (Å²) < 4.78 is 5.56. The fourth-order valence-electron chi connectivity index (χ4n) is 3.89. The Kier molecular flexibility index (Phi) is 5.62. The molecule has 1 aromatic rings. The van der Waals surface area contributed by atoms with Crippen LogP contribution in [0.2, 0.25) is 0 Å². The molecule has 1 aromatic carbocycles. The zero-order chi connectivity index (χ0) is 15.3. The van der Waals surface area contributed by atoms with Crippen molar-refractivity contribution in [2.45, 2.75) is 51.1 Å². The van der Waals surface area contributed by atoms with Crippen molar-refractivity contribution in [1.82, 2.24) is 10.3 Å². The number of ether oxygens (including phenoxy) is 1. The fraction of sp³-hybridized carbons (Fsp3) is 0.647. The van der Waals surface area contributed by atoms with Gasteiger partial charge in [-0.05, 0) is 44.8 Å². The van der Waals surface area contributed by atoms with Crippen molar-refractivity contribution >= 4 is 0 Å². The lowest BCUT2D eigenvalue weighted by Crippen LogP contribution is -2.56. The molecule has 118 valence electrons. The number of nitrogens with zero attached hydrogens (tertiary/aromatic N) is 1. The van der Waals surface area contributed by atoms with Crippen molar-refractivity contribution in [2.75, 3.05) is 20.2 Å². The molecule has 0 bridgehead atoms. The van der Waals surface area contributed by atoms with Gasteiger partial charge in [0.05, 0.1) is 13.2 Å². The fourth-order valence-corrected chi connectivity index (χ4v) is 3.89. The summed E-state index contributed by atoms with van der Waals surface area (Å²) >= 11 is 0. The third-order valence-corrected chi connectivity index (χ3v) is 5.11. The van der Waals surface area contributed by atoms with E-state index in [9.17, 15) is 0 Å². The van der Waals surface area contributed by atoms with Gasteiger partial charge in [-0.2, -0.15) is 0 Å². The highest BCUT2D eigenvalue weighted by Gasteiger charge is 2.43. The zero-order valence-electron chi connectivity index (χ0n) is 13.6. The number of methoxy groups -OCH3 is 1. The summed E-state index contributed by atoms with van der Waals surface area (Å²) in [6.45, 7) is 6.85. The van der Waals surface area contributed by atoms with E-state index in [-0.39, 0.29) is 11.6 Å². The van der Waals surface area contributed by atoms with Crippen LogP contribution < -0.4 is 16.0 Å². The maximum atomic E-state index is 6.00. The molecule has 0 spiro atoms. The minimum absolute atomic E-state index is 0.0416. The lowest BCUT2D eigenvalue weighted by Gasteiger charge is -2.47. The van der Waals surface area contributed by atoms with Crippen LogP contribution in [0.4, 0.5) is 0 Å². The largest absolute Gasteiger partial charge is 0.496 e. The minimum atomic E-state index is 0.0416. The van der Waals surface area contributed by atoms with Gasteiger partial charge in [0.2, 0.25) is 0 Å². The van der Waals surface area contributed by atoms with Crippen molar-refractivity contribution in [1.29, 1.82) is 0 Å². The van der Waals surface area contributed by atoms with Crippen LogP contribution in [0.1, 0.15) is 51.1 Å². The quantitative estimate of drug-likeness (QED) is 0.599.